The molecule has 0 bridgehead atoms. The molecule has 1 atom stereocenters. The van der Waals surface area contributed by atoms with E-state index in [2.05, 4.69) is 24.1 Å². The summed E-state index contributed by atoms with van der Waals surface area (Å²) >= 11 is 0. The highest BCUT2D eigenvalue weighted by Crippen LogP contribution is 2.14. The van der Waals surface area contributed by atoms with Gasteiger partial charge in [-0.2, -0.15) is 0 Å². The van der Waals surface area contributed by atoms with Gasteiger partial charge in [0.1, 0.15) is 5.82 Å². The SMILES string of the molecule is CCNC(COC)CN(CC)c1ccc(F)cc1. The van der Waals surface area contributed by atoms with E-state index in [-0.39, 0.29) is 11.9 Å². The molecular formula is C14H23FN2O. The second-order valence-corrected chi connectivity index (χ2v) is 4.22. The lowest BCUT2D eigenvalue weighted by Gasteiger charge is -2.28. The van der Waals surface area contributed by atoms with Crippen LogP contribution in [0, 0.1) is 5.82 Å². The minimum Gasteiger partial charge on any atom is -0.383 e. The fourth-order valence-corrected chi connectivity index (χ4v) is 2.00. The number of rotatable bonds is 8. The van der Waals surface area contributed by atoms with Gasteiger partial charge in [-0.05, 0) is 37.7 Å². The molecule has 1 rings (SSSR count). The molecule has 0 heterocycles. The smallest absolute Gasteiger partial charge is 0.123 e. The van der Waals surface area contributed by atoms with E-state index in [1.165, 1.54) is 12.1 Å². The van der Waals surface area contributed by atoms with Crippen molar-refractivity contribution in [3.8, 4) is 0 Å². The number of benzene rings is 1. The van der Waals surface area contributed by atoms with Crippen LogP contribution in [-0.4, -0.2) is 39.4 Å². The van der Waals surface area contributed by atoms with E-state index < -0.39 is 0 Å². The average molecular weight is 254 g/mol. The van der Waals surface area contributed by atoms with Crippen LogP contribution in [0.4, 0.5) is 10.1 Å². The van der Waals surface area contributed by atoms with Gasteiger partial charge in [0.2, 0.25) is 0 Å². The zero-order valence-corrected chi connectivity index (χ0v) is 11.4. The monoisotopic (exact) mass is 254 g/mol. The molecular weight excluding hydrogens is 231 g/mol. The molecule has 0 spiro atoms. The van der Waals surface area contributed by atoms with Crippen molar-refractivity contribution in [1.82, 2.24) is 5.32 Å². The normalized spacial score (nSPS) is 12.4. The van der Waals surface area contributed by atoms with Crippen LogP contribution < -0.4 is 10.2 Å². The number of nitrogens with zero attached hydrogens (tertiary/aromatic N) is 1. The molecule has 18 heavy (non-hydrogen) atoms. The minimum atomic E-state index is -0.199. The van der Waals surface area contributed by atoms with Crippen LogP contribution in [0.3, 0.4) is 0 Å². The zero-order chi connectivity index (χ0) is 13.4. The Morgan fingerprint density at radius 3 is 2.44 bits per heavy atom. The molecule has 4 heteroatoms. The van der Waals surface area contributed by atoms with Gasteiger partial charge in [-0.15, -0.1) is 0 Å². The first-order valence-electron chi connectivity index (χ1n) is 6.44. The topological polar surface area (TPSA) is 24.5 Å². The van der Waals surface area contributed by atoms with Gasteiger partial charge in [-0.25, -0.2) is 4.39 Å². The maximum atomic E-state index is 12.9. The van der Waals surface area contributed by atoms with Crippen molar-refractivity contribution in [3.05, 3.63) is 30.1 Å². The number of methoxy groups -OCH3 is 1. The number of hydrogen-bond acceptors (Lipinski definition) is 3. The molecule has 0 aliphatic rings. The Kier molecular flexibility index (Phi) is 6.68. The van der Waals surface area contributed by atoms with Crippen molar-refractivity contribution in [2.45, 2.75) is 19.9 Å². The minimum absolute atomic E-state index is 0.199. The van der Waals surface area contributed by atoms with E-state index in [0.29, 0.717) is 6.61 Å². The van der Waals surface area contributed by atoms with Crippen molar-refractivity contribution in [1.29, 1.82) is 0 Å². The van der Waals surface area contributed by atoms with Crippen molar-refractivity contribution in [2.24, 2.45) is 0 Å². The van der Waals surface area contributed by atoms with Gasteiger partial charge < -0.3 is 15.0 Å². The van der Waals surface area contributed by atoms with Gasteiger partial charge in [-0.1, -0.05) is 6.92 Å². The third kappa shape index (κ3) is 4.63. The summed E-state index contributed by atoms with van der Waals surface area (Å²) in [5.41, 5.74) is 1.04. The van der Waals surface area contributed by atoms with Crippen molar-refractivity contribution < 1.29 is 9.13 Å². The number of nitrogens with one attached hydrogen (secondary N) is 1. The van der Waals surface area contributed by atoms with Gasteiger partial charge >= 0.3 is 0 Å². The maximum absolute atomic E-state index is 12.9. The van der Waals surface area contributed by atoms with E-state index >= 15 is 0 Å². The molecule has 1 unspecified atom stereocenters. The average Bonchev–Trinajstić information content (AvgIpc) is 2.37. The Labute approximate surface area is 109 Å². The van der Waals surface area contributed by atoms with Crippen LogP contribution >= 0.6 is 0 Å². The van der Waals surface area contributed by atoms with Crippen molar-refractivity contribution in [2.75, 3.05) is 38.3 Å². The standard InChI is InChI=1S/C14H23FN2O/c1-4-16-13(11-18-3)10-17(5-2)14-8-6-12(15)7-9-14/h6-9,13,16H,4-5,10-11H2,1-3H3. The Morgan fingerprint density at radius 1 is 1.28 bits per heavy atom. The summed E-state index contributed by atoms with van der Waals surface area (Å²) in [7, 11) is 1.71. The van der Waals surface area contributed by atoms with Crippen LogP contribution in [0.5, 0.6) is 0 Å². The number of hydrogen-bond donors (Lipinski definition) is 1. The van der Waals surface area contributed by atoms with Gasteiger partial charge in [-0.3, -0.25) is 0 Å². The van der Waals surface area contributed by atoms with Crippen LogP contribution in [0.1, 0.15) is 13.8 Å². The maximum Gasteiger partial charge on any atom is 0.123 e. The fraction of sp³-hybridized carbons (Fsp3) is 0.571. The number of anilines is 1. The summed E-state index contributed by atoms with van der Waals surface area (Å²) in [5.74, 6) is -0.199. The summed E-state index contributed by atoms with van der Waals surface area (Å²) in [6.07, 6.45) is 0. The predicted octanol–water partition coefficient (Wildman–Crippen LogP) is 2.28. The third-order valence-corrected chi connectivity index (χ3v) is 2.87. The van der Waals surface area contributed by atoms with Crippen molar-refractivity contribution >= 4 is 5.69 Å². The number of ether oxygens (including phenoxy) is 1. The lowest BCUT2D eigenvalue weighted by molar-refractivity contribution is 0.168. The first-order chi connectivity index (χ1) is 8.71. The van der Waals surface area contributed by atoms with E-state index in [1.54, 1.807) is 7.11 Å². The van der Waals surface area contributed by atoms with Gasteiger partial charge in [0.15, 0.2) is 0 Å². The highest BCUT2D eigenvalue weighted by atomic mass is 19.1. The summed E-state index contributed by atoms with van der Waals surface area (Å²) in [4.78, 5) is 2.21. The van der Waals surface area contributed by atoms with Gasteiger partial charge in [0.05, 0.1) is 6.61 Å². The molecule has 1 aromatic carbocycles. The highest BCUT2D eigenvalue weighted by Gasteiger charge is 2.12. The van der Waals surface area contributed by atoms with Crippen LogP contribution in [-0.2, 0) is 4.74 Å². The van der Waals surface area contributed by atoms with Crippen LogP contribution in [0.15, 0.2) is 24.3 Å². The van der Waals surface area contributed by atoms with Gasteiger partial charge in [0, 0.05) is 31.9 Å². The molecule has 0 aliphatic carbocycles. The highest BCUT2D eigenvalue weighted by molar-refractivity contribution is 5.46. The lowest BCUT2D eigenvalue weighted by Crippen LogP contribution is -2.43. The molecule has 0 saturated heterocycles. The Bertz CT molecular complexity index is 323. The van der Waals surface area contributed by atoms with E-state index in [4.69, 9.17) is 4.74 Å². The quantitative estimate of drug-likeness (QED) is 0.770. The molecule has 1 aromatic rings. The third-order valence-electron chi connectivity index (χ3n) is 2.87. The van der Waals surface area contributed by atoms with Crippen molar-refractivity contribution in [3.63, 3.8) is 0 Å². The summed E-state index contributed by atoms with van der Waals surface area (Å²) < 4.78 is 18.1. The zero-order valence-electron chi connectivity index (χ0n) is 11.4. The van der Waals surface area contributed by atoms with Crippen LogP contribution in [0.2, 0.25) is 0 Å². The second kappa shape index (κ2) is 8.06. The molecule has 1 N–H and O–H groups in total. The predicted molar refractivity (Wildman–Crippen MR) is 73.6 cm³/mol. The molecule has 0 aliphatic heterocycles. The van der Waals surface area contributed by atoms with E-state index in [1.807, 2.05) is 12.1 Å². The summed E-state index contributed by atoms with van der Waals surface area (Å²) in [6, 6.07) is 6.90. The molecule has 3 nitrogen and oxygen atoms in total. The van der Waals surface area contributed by atoms with E-state index in [9.17, 15) is 4.39 Å². The molecule has 0 radical (unpaired) electrons. The first-order valence-corrected chi connectivity index (χ1v) is 6.44. The molecule has 0 fully saturated rings. The van der Waals surface area contributed by atoms with E-state index in [0.717, 1.165) is 25.3 Å². The Balaban J connectivity index is 2.67. The van der Waals surface area contributed by atoms with Gasteiger partial charge in [0.25, 0.3) is 0 Å². The Hall–Kier alpha value is -1.13. The largest absolute Gasteiger partial charge is 0.383 e. The number of halogens is 1. The molecule has 0 amide bonds. The molecule has 0 saturated carbocycles. The fourth-order valence-electron chi connectivity index (χ4n) is 2.00. The number of likely N-dealkylation sites (N-methyl/N-ethyl adjacent to an activating group) is 2. The second-order valence-electron chi connectivity index (χ2n) is 4.22. The summed E-state index contributed by atoms with van der Waals surface area (Å²) in [5, 5.41) is 3.39. The lowest BCUT2D eigenvalue weighted by atomic mass is 10.2. The summed E-state index contributed by atoms with van der Waals surface area (Å²) in [6.45, 7) is 7.50. The Morgan fingerprint density at radius 2 is 1.94 bits per heavy atom. The van der Waals surface area contributed by atoms with Crippen LogP contribution in [0.25, 0.3) is 0 Å². The molecule has 0 aromatic heterocycles. The first kappa shape index (κ1) is 14.9. The molecule has 102 valence electrons.